The molecule has 0 unspecified atom stereocenters. The standard InChI is InChI=1S/C16H31N3O2S/c1-8-10-18(11-9-2)22(20,21)14-12-19(13(3)4)17-15(14)16(5,6)7/h12-13H,8-11H2,1-7H3. The molecule has 0 spiro atoms. The smallest absolute Gasteiger partial charge is 0.246 e. The van der Waals surface area contributed by atoms with Gasteiger partial charge in [-0.25, -0.2) is 8.42 Å². The fourth-order valence-electron chi connectivity index (χ4n) is 2.34. The van der Waals surface area contributed by atoms with Gasteiger partial charge in [0.1, 0.15) is 4.90 Å². The van der Waals surface area contributed by atoms with E-state index in [1.165, 1.54) is 0 Å². The Hall–Kier alpha value is -0.880. The van der Waals surface area contributed by atoms with Crippen molar-refractivity contribution in [3.05, 3.63) is 11.9 Å². The van der Waals surface area contributed by atoms with E-state index in [-0.39, 0.29) is 11.5 Å². The largest absolute Gasteiger partial charge is 0.269 e. The molecule has 1 aromatic heterocycles. The molecule has 0 radical (unpaired) electrons. The Balaban J connectivity index is 3.45. The van der Waals surface area contributed by atoms with Gasteiger partial charge in [0.15, 0.2) is 0 Å². The van der Waals surface area contributed by atoms with Gasteiger partial charge in [0.25, 0.3) is 0 Å². The average Bonchev–Trinajstić information content (AvgIpc) is 2.84. The van der Waals surface area contributed by atoms with Crippen LogP contribution in [0, 0.1) is 0 Å². The van der Waals surface area contributed by atoms with Gasteiger partial charge >= 0.3 is 0 Å². The summed E-state index contributed by atoms with van der Waals surface area (Å²) in [6.07, 6.45) is 3.31. The van der Waals surface area contributed by atoms with Crippen LogP contribution >= 0.6 is 0 Å². The number of sulfonamides is 1. The van der Waals surface area contributed by atoms with Gasteiger partial charge < -0.3 is 0 Å². The second kappa shape index (κ2) is 7.13. The van der Waals surface area contributed by atoms with Crippen LogP contribution in [0.5, 0.6) is 0 Å². The third-order valence-electron chi connectivity index (χ3n) is 3.50. The normalized spacial score (nSPS) is 13.3. The van der Waals surface area contributed by atoms with Crippen molar-refractivity contribution in [2.24, 2.45) is 0 Å². The van der Waals surface area contributed by atoms with Crippen molar-refractivity contribution in [2.45, 2.75) is 77.7 Å². The molecule has 0 saturated heterocycles. The first kappa shape index (κ1) is 19.2. The third kappa shape index (κ3) is 4.10. The average molecular weight is 330 g/mol. The molecule has 128 valence electrons. The molecule has 0 aliphatic carbocycles. The molecule has 6 heteroatoms. The molecule has 0 aliphatic heterocycles. The molecule has 0 aliphatic rings. The third-order valence-corrected chi connectivity index (χ3v) is 5.40. The summed E-state index contributed by atoms with van der Waals surface area (Å²) >= 11 is 0. The molecule has 0 bridgehead atoms. The minimum absolute atomic E-state index is 0.135. The molecule has 0 atom stereocenters. The Morgan fingerprint density at radius 1 is 1.18 bits per heavy atom. The first-order valence-electron chi connectivity index (χ1n) is 8.15. The Labute approximate surface area is 135 Å². The van der Waals surface area contributed by atoms with Gasteiger partial charge in [-0.2, -0.15) is 9.40 Å². The minimum Gasteiger partial charge on any atom is -0.269 e. The van der Waals surface area contributed by atoms with Crippen LogP contribution in [0.3, 0.4) is 0 Å². The highest BCUT2D eigenvalue weighted by Gasteiger charge is 2.33. The van der Waals surface area contributed by atoms with Crippen molar-refractivity contribution < 1.29 is 8.42 Å². The van der Waals surface area contributed by atoms with Gasteiger partial charge in [0.2, 0.25) is 10.0 Å². The summed E-state index contributed by atoms with van der Waals surface area (Å²) in [5, 5.41) is 4.56. The lowest BCUT2D eigenvalue weighted by Gasteiger charge is -2.23. The van der Waals surface area contributed by atoms with Crippen molar-refractivity contribution in [1.29, 1.82) is 0 Å². The quantitative estimate of drug-likeness (QED) is 0.768. The second-order valence-corrected chi connectivity index (χ2v) is 8.98. The van der Waals surface area contributed by atoms with Gasteiger partial charge in [-0.1, -0.05) is 34.6 Å². The van der Waals surface area contributed by atoms with Crippen LogP contribution in [0.2, 0.25) is 0 Å². The van der Waals surface area contributed by atoms with Gasteiger partial charge in [0.05, 0.1) is 5.69 Å². The summed E-state index contributed by atoms with van der Waals surface area (Å²) in [6, 6.07) is 0.135. The Morgan fingerprint density at radius 2 is 1.68 bits per heavy atom. The molecular formula is C16H31N3O2S. The number of nitrogens with zero attached hydrogens (tertiary/aromatic N) is 3. The van der Waals surface area contributed by atoms with Crippen molar-refractivity contribution in [1.82, 2.24) is 14.1 Å². The van der Waals surface area contributed by atoms with E-state index in [4.69, 9.17) is 0 Å². The van der Waals surface area contributed by atoms with Crippen LogP contribution in [0.15, 0.2) is 11.1 Å². The first-order valence-corrected chi connectivity index (χ1v) is 9.59. The molecule has 0 fully saturated rings. The summed E-state index contributed by atoms with van der Waals surface area (Å²) in [5.41, 5.74) is 0.338. The van der Waals surface area contributed by atoms with E-state index in [2.05, 4.69) is 5.10 Å². The summed E-state index contributed by atoms with van der Waals surface area (Å²) in [6.45, 7) is 15.1. The molecule has 1 heterocycles. The number of aromatic nitrogens is 2. The summed E-state index contributed by atoms with van der Waals surface area (Å²) in [5.74, 6) is 0. The number of hydrogen-bond acceptors (Lipinski definition) is 3. The minimum atomic E-state index is -3.50. The lowest BCUT2D eigenvalue weighted by atomic mass is 9.92. The maximum atomic E-state index is 13.1. The highest BCUT2D eigenvalue weighted by atomic mass is 32.2. The highest BCUT2D eigenvalue weighted by molar-refractivity contribution is 7.89. The van der Waals surface area contributed by atoms with E-state index in [0.29, 0.717) is 23.7 Å². The number of hydrogen-bond donors (Lipinski definition) is 0. The molecule has 5 nitrogen and oxygen atoms in total. The van der Waals surface area contributed by atoms with Gasteiger partial charge in [-0.15, -0.1) is 0 Å². The zero-order chi connectivity index (χ0) is 17.1. The zero-order valence-electron chi connectivity index (χ0n) is 15.0. The molecule has 0 N–H and O–H groups in total. The zero-order valence-corrected chi connectivity index (χ0v) is 15.9. The predicted molar refractivity (Wildman–Crippen MR) is 90.7 cm³/mol. The monoisotopic (exact) mass is 329 g/mol. The molecule has 0 saturated carbocycles. The van der Waals surface area contributed by atoms with Crippen LogP contribution in [-0.2, 0) is 15.4 Å². The highest BCUT2D eigenvalue weighted by Crippen LogP contribution is 2.30. The summed E-state index contributed by atoms with van der Waals surface area (Å²) < 4.78 is 29.5. The first-order chi connectivity index (χ1) is 10.1. The van der Waals surface area contributed by atoms with Crippen molar-refractivity contribution >= 4 is 10.0 Å². The molecule has 1 rings (SSSR count). The maximum Gasteiger partial charge on any atom is 0.246 e. The second-order valence-electron chi connectivity index (χ2n) is 7.07. The maximum absolute atomic E-state index is 13.1. The van der Waals surface area contributed by atoms with E-state index in [1.807, 2.05) is 48.5 Å². The van der Waals surface area contributed by atoms with Crippen molar-refractivity contribution in [3.63, 3.8) is 0 Å². The molecule has 22 heavy (non-hydrogen) atoms. The molecule has 0 amide bonds. The lowest BCUT2D eigenvalue weighted by Crippen LogP contribution is -2.33. The van der Waals surface area contributed by atoms with Gasteiger partial charge in [-0.3, -0.25) is 4.68 Å². The fourth-order valence-corrected chi connectivity index (χ4v) is 4.29. The van der Waals surface area contributed by atoms with Crippen molar-refractivity contribution in [3.8, 4) is 0 Å². The van der Waals surface area contributed by atoms with E-state index in [0.717, 1.165) is 12.8 Å². The van der Waals surface area contributed by atoms with E-state index >= 15 is 0 Å². The van der Waals surface area contributed by atoms with E-state index in [9.17, 15) is 8.42 Å². The lowest BCUT2D eigenvalue weighted by molar-refractivity contribution is 0.407. The number of rotatable bonds is 7. The van der Waals surface area contributed by atoms with Gasteiger partial charge in [0, 0.05) is 30.7 Å². The van der Waals surface area contributed by atoms with Crippen LogP contribution in [-0.4, -0.2) is 35.6 Å². The topological polar surface area (TPSA) is 55.2 Å². The van der Waals surface area contributed by atoms with Crippen LogP contribution < -0.4 is 0 Å². The molecular weight excluding hydrogens is 298 g/mol. The van der Waals surface area contributed by atoms with Crippen LogP contribution in [0.1, 0.15) is 73.0 Å². The molecule has 0 aromatic carbocycles. The Morgan fingerprint density at radius 3 is 2.05 bits per heavy atom. The summed E-state index contributed by atoms with van der Waals surface area (Å²) in [4.78, 5) is 0.357. The SMILES string of the molecule is CCCN(CCC)S(=O)(=O)c1cn(C(C)C)nc1C(C)(C)C. The van der Waals surface area contributed by atoms with E-state index in [1.54, 1.807) is 15.2 Å². The van der Waals surface area contributed by atoms with Crippen LogP contribution in [0.25, 0.3) is 0 Å². The van der Waals surface area contributed by atoms with Crippen molar-refractivity contribution in [2.75, 3.05) is 13.1 Å². The Kier molecular flexibility index (Phi) is 6.21. The van der Waals surface area contributed by atoms with E-state index < -0.39 is 10.0 Å². The fraction of sp³-hybridized carbons (Fsp3) is 0.812. The Bertz CT molecular complexity index is 577. The van der Waals surface area contributed by atoms with Crippen LogP contribution in [0.4, 0.5) is 0 Å². The molecule has 1 aromatic rings. The summed E-state index contributed by atoms with van der Waals surface area (Å²) in [7, 11) is -3.50. The predicted octanol–water partition coefficient (Wildman–Crippen LogP) is 3.57. The van der Waals surface area contributed by atoms with Gasteiger partial charge in [-0.05, 0) is 26.7 Å².